The van der Waals surface area contributed by atoms with E-state index in [4.69, 9.17) is 15.9 Å². The lowest BCUT2D eigenvalue weighted by Crippen LogP contribution is -2.45. The van der Waals surface area contributed by atoms with E-state index in [1.165, 1.54) is 0 Å². The van der Waals surface area contributed by atoms with Crippen LogP contribution in [0.25, 0.3) is 0 Å². The largest absolute Gasteiger partial charge is 0.467 e. The van der Waals surface area contributed by atoms with Crippen molar-refractivity contribution in [1.29, 1.82) is 5.41 Å². The maximum Gasteiger partial charge on any atom is 0.408 e. The van der Waals surface area contributed by atoms with Crippen LogP contribution in [0.2, 0.25) is 0 Å². The summed E-state index contributed by atoms with van der Waals surface area (Å²) in [5.74, 6) is -1.42. The Morgan fingerprint density at radius 2 is 2.00 bits per heavy atom. The summed E-state index contributed by atoms with van der Waals surface area (Å²) in [7, 11) is 1.16. The molecule has 0 fully saturated rings. The molecule has 0 saturated carbocycles. The van der Waals surface area contributed by atoms with E-state index in [1.54, 1.807) is 20.8 Å². The van der Waals surface area contributed by atoms with Crippen molar-refractivity contribution in [3.05, 3.63) is 10.1 Å². The number of nitrogens with two attached hydrogens (primary N) is 1. The van der Waals surface area contributed by atoms with Crippen molar-refractivity contribution in [2.45, 2.75) is 45.3 Å². The van der Waals surface area contributed by atoms with Gasteiger partial charge >= 0.3 is 12.1 Å². The molecular formula is C12H23N5O6. The summed E-state index contributed by atoms with van der Waals surface area (Å²) in [5.41, 5.74) is 4.34. The molecule has 1 amide bonds. The van der Waals surface area contributed by atoms with Crippen LogP contribution in [-0.4, -0.2) is 53.4 Å². The number of nitrogens with one attached hydrogen (secondary N) is 2. The number of hydrazine groups is 1. The Labute approximate surface area is 133 Å². The molecule has 11 nitrogen and oxygen atoms in total. The van der Waals surface area contributed by atoms with Gasteiger partial charge in [-0.2, -0.15) is 0 Å². The number of nitro groups is 1. The van der Waals surface area contributed by atoms with Gasteiger partial charge in [0.25, 0.3) is 5.96 Å². The molecule has 4 N–H and O–H groups in total. The highest BCUT2D eigenvalue weighted by atomic mass is 16.7. The van der Waals surface area contributed by atoms with Gasteiger partial charge in [-0.15, -0.1) is 0 Å². The van der Waals surface area contributed by atoms with Crippen molar-refractivity contribution >= 4 is 18.0 Å². The van der Waals surface area contributed by atoms with Crippen LogP contribution in [0.15, 0.2) is 0 Å². The minimum Gasteiger partial charge on any atom is -0.467 e. The maximum absolute atomic E-state index is 11.7. The molecule has 0 heterocycles. The second-order valence-corrected chi connectivity index (χ2v) is 5.61. The molecule has 11 heteroatoms. The van der Waals surface area contributed by atoms with Crippen molar-refractivity contribution in [3.8, 4) is 0 Å². The Balaban J connectivity index is 4.64. The van der Waals surface area contributed by atoms with Crippen LogP contribution in [0.3, 0.4) is 0 Å². The smallest absolute Gasteiger partial charge is 0.408 e. The molecular weight excluding hydrogens is 310 g/mol. The molecule has 0 rings (SSSR count). The zero-order chi connectivity index (χ0) is 18.2. The molecule has 132 valence electrons. The Hall–Kier alpha value is -2.59. The first-order chi connectivity index (χ1) is 10.5. The third-order valence-corrected chi connectivity index (χ3v) is 2.51. The number of carbonyl (C=O) groups excluding carboxylic acids is 2. The normalized spacial score (nSPS) is 12.0. The molecule has 0 aliphatic carbocycles. The van der Waals surface area contributed by atoms with E-state index >= 15 is 0 Å². The van der Waals surface area contributed by atoms with Crippen molar-refractivity contribution in [1.82, 2.24) is 10.3 Å². The van der Waals surface area contributed by atoms with Crippen LogP contribution in [0.4, 0.5) is 4.79 Å². The number of methoxy groups -OCH3 is 1. The van der Waals surface area contributed by atoms with Gasteiger partial charge in [0.15, 0.2) is 5.03 Å². The number of guanidine groups is 1. The van der Waals surface area contributed by atoms with Crippen molar-refractivity contribution in [2.75, 3.05) is 13.7 Å². The number of esters is 1. The Kier molecular flexibility index (Phi) is 7.77. The van der Waals surface area contributed by atoms with Crippen LogP contribution in [0.5, 0.6) is 0 Å². The molecule has 0 aliphatic heterocycles. The van der Waals surface area contributed by atoms with Crippen LogP contribution in [-0.2, 0) is 14.3 Å². The first-order valence-corrected chi connectivity index (χ1v) is 6.81. The Bertz CT molecular complexity index is 447. The van der Waals surface area contributed by atoms with Gasteiger partial charge in [0.05, 0.1) is 13.7 Å². The lowest BCUT2D eigenvalue weighted by Gasteiger charge is -2.22. The lowest BCUT2D eigenvalue weighted by molar-refractivity contribution is -0.629. The zero-order valence-corrected chi connectivity index (χ0v) is 13.6. The van der Waals surface area contributed by atoms with E-state index in [0.717, 1.165) is 7.11 Å². The van der Waals surface area contributed by atoms with Crippen LogP contribution >= 0.6 is 0 Å². The summed E-state index contributed by atoms with van der Waals surface area (Å²) in [6, 6.07) is -1.02. The highest BCUT2D eigenvalue weighted by Gasteiger charge is 2.26. The number of amides is 1. The second-order valence-electron chi connectivity index (χ2n) is 5.61. The van der Waals surface area contributed by atoms with Gasteiger partial charge in [-0.3, -0.25) is 5.41 Å². The topological polar surface area (TPSA) is 161 Å². The minimum absolute atomic E-state index is 0.0591. The first-order valence-electron chi connectivity index (χ1n) is 6.81. The lowest BCUT2D eigenvalue weighted by atomic mass is 10.1. The predicted molar refractivity (Wildman–Crippen MR) is 80.0 cm³/mol. The highest BCUT2D eigenvalue weighted by Crippen LogP contribution is 2.08. The summed E-state index contributed by atoms with van der Waals surface area (Å²) in [5, 5.41) is 19.7. The summed E-state index contributed by atoms with van der Waals surface area (Å²) < 4.78 is 9.61. The molecule has 0 aromatic heterocycles. The summed E-state index contributed by atoms with van der Waals surface area (Å²) in [6.07, 6.45) is -0.620. The number of hydrogen-bond donors (Lipinski definition) is 3. The van der Waals surface area contributed by atoms with Gasteiger partial charge in [-0.25, -0.2) is 19.7 Å². The quantitative estimate of drug-likeness (QED) is 0.196. The van der Waals surface area contributed by atoms with Gasteiger partial charge in [0.1, 0.15) is 11.6 Å². The van der Waals surface area contributed by atoms with Crippen LogP contribution in [0, 0.1) is 15.5 Å². The fourth-order valence-corrected chi connectivity index (χ4v) is 1.58. The average Bonchev–Trinajstić information content (AvgIpc) is 2.38. The van der Waals surface area contributed by atoms with Crippen molar-refractivity contribution < 1.29 is 24.1 Å². The van der Waals surface area contributed by atoms with Crippen LogP contribution in [0.1, 0.15) is 33.6 Å². The van der Waals surface area contributed by atoms with Gasteiger partial charge in [0, 0.05) is 0 Å². The molecule has 0 aliphatic rings. The van der Waals surface area contributed by atoms with Gasteiger partial charge in [-0.05, 0) is 33.6 Å². The van der Waals surface area contributed by atoms with Gasteiger partial charge in [0.2, 0.25) is 0 Å². The monoisotopic (exact) mass is 333 g/mol. The summed E-state index contributed by atoms with van der Waals surface area (Å²) in [6.45, 7) is 4.82. The SMILES string of the molecule is COC(=O)[C@H](CCCN(C(=N)N)[N+](=O)[O-])NC(=O)OC(C)(C)C. The summed E-state index contributed by atoms with van der Waals surface area (Å²) >= 11 is 0. The van der Waals surface area contributed by atoms with Crippen LogP contribution < -0.4 is 11.1 Å². The van der Waals surface area contributed by atoms with E-state index in [9.17, 15) is 19.7 Å². The number of alkyl carbamates (subject to hydrolysis) is 1. The average molecular weight is 333 g/mol. The molecule has 23 heavy (non-hydrogen) atoms. The number of hydrogen-bond acceptors (Lipinski definition) is 7. The molecule has 1 atom stereocenters. The molecule has 0 aromatic rings. The van der Waals surface area contributed by atoms with Crippen molar-refractivity contribution in [3.63, 3.8) is 0 Å². The van der Waals surface area contributed by atoms with Gasteiger partial charge < -0.3 is 20.5 Å². The first kappa shape index (κ1) is 20.4. The summed E-state index contributed by atoms with van der Waals surface area (Å²) in [4.78, 5) is 34.0. The maximum atomic E-state index is 11.7. The number of ether oxygens (including phenoxy) is 2. The number of nitrogens with zero attached hydrogens (tertiary/aromatic N) is 2. The van der Waals surface area contributed by atoms with Gasteiger partial charge in [-0.1, -0.05) is 5.01 Å². The van der Waals surface area contributed by atoms with E-state index in [0.29, 0.717) is 5.01 Å². The molecule has 0 saturated heterocycles. The number of carbonyl (C=O) groups is 2. The fraction of sp³-hybridized carbons (Fsp3) is 0.750. The molecule has 0 radical (unpaired) electrons. The molecule has 0 spiro atoms. The van der Waals surface area contributed by atoms with E-state index in [-0.39, 0.29) is 19.4 Å². The Morgan fingerprint density at radius 3 is 2.39 bits per heavy atom. The zero-order valence-electron chi connectivity index (χ0n) is 13.6. The highest BCUT2D eigenvalue weighted by molar-refractivity contribution is 5.81. The molecule has 0 aromatic carbocycles. The van der Waals surface area contributed by atoms with E-state index in [2.05, 4.69) is 10.1 Å². The second kappa shape index (κ2) is 8.76. The van der Waals surface area contributed by atoms with E-state index < -0.39 is 34.7 Å². The fourth-order valence-electron chi connectivity index (χ4n) is 1.58. The predicted octanol–water partition coefficient (Wildman–Crippen LogP) is 0.220. The third-order valence-electron chi connectivity index (χ3n) is 2.51. The molecule has 0 bridgehead atoms. The standard InChI is InChI=1S/C12H23N5O6/c1-12(2,3)23-11(19)15-8(9(18)22-4)6-5-7-16(10(13)14)17(20)21/h8H,5-7H2,1-4H3,(H3,13,14)(H,15,19)/t8-/m0/s1. The van der Waals surface area contributed by atoms with Crippen molar-refractivity contribution in [2.24, 2.45) is 5.73 Å². The number of rotatable bonds is 7. The molecule has 0 unspecified atom stereocenters. The third kappa shape index (κ3) is 8.44. The minimum atomic E-state index is -1.02. The van der Waals surface area contributed by atoms with E-state index in [1.807, 2.05) is 0 Å². The Morgan fingerprint density at radius 1 is 1.43 bits per heavy atom.